The van der Waals surface area contributed by atoms with Crippen LogP contribution in [0.15, 0.2) is 24.5 Å². The number of hydrogen-bond donors (Lipinski definition) is 1. The van der Waals surface area contributed by atoms with Crippen LogP contribution in [0.2, 0.25) is 0 Å². The van der Waals surface area contributed by atoms with Crippen LogP contribution in [-0.4, -0.2) is 30.5 Å². The molecule has 4 rings (SSSR count). The predicted octanol–water partition coefficient (Wildman–Crippen LogP) is 3.23. The lowest BCUT2D eigenvalue weighted by atomic mass is 10.1. The van der Waals surface area contributed by atoms with E-state index in [9.17, 15) is 4.79 Å². The molecule has 0 aliphatic carbocycles. The maximum absolute atomic E-state index is 12.4. The maximum atomic E-state index is 12.4. The number of rotatable bonds is 4. The maximum Gasteiger partial charge on any atom is 0.252 e. The van der Waals surface area contributed by atoms with Gasteiger partial charge in [0.25, 0.3) is 5.78 Å². The summed E-state index contributed by atoms with van der Waals surface area (Å²) in [6.45, 7) is 5.93. The molecule has 0 aliphatic rings. The highest BCUT2D eigenvalue weighted by Crippen LogP contribution is 2.28. The number of fused-ring (bicyclic) bond motifs is 2. The van der Waals surface area contributed by atoms with Crippen molar-refractivity contribution in [3.05, 3.63) is 47.0 Å². The van der Waals surface area contributed by atoms with Crippen LogP contribution in [0.25, 0.3) is 16.0 Å². The molecule has 1 aromatic carbocycles. The number of nitrogens with zero attached hydrogens (tertiary/aromatic N) is 5. The summed E-state index contributed by atoms with van der Waals surface area (Å²) in [5.41, 5.74) is 4.93. The zero-order valence-electron chi connectivity index (χ0n) is 14.8. The second-order valence-electron chi connectivity index (χ2n) is 6.22. The Kier molecular flexibility index (Phi) is 4.12. The molecule has 1 N–H and O–H groups in total. The Bertz CT molecular complexity index is 1130. The molecule has 7 nitrogen and oxygen atoms in total. The van der Waals surface area contributed by atoms with Gasteiger partial charge in [-0.3, -0.25) is 4.79 Å². The number of aryl methyl sites for hydroxylation is 3. The summed E-state index contributed by atoms with van der Waals surface area (Å²) < 4.78 is 2.78. The van der Waals surface area contributed by atoms with Gasteiger partial charge < -0.3 is 5.32 Å². The van der Waals surface area contributed by atoms with E-state index < -0.39 is 0 Å². The summed E-state index contributed by atoms with van der Waals surface area (Å²) in [4.78, 5) is 25.5. The molecule has 26 heavy (non-hydrogen) atoms. The van der Waals surface area contributed by atoms with Gasteiger partial charge in [0.05, 0.1) is 10.2 Å². The summed E-state index contributed by atoms with van der Waals surface area (Å²) in [6, 6.07) is 6.04. The third-order valence-electron chi connectivity index (χ3n) is 4.46. The van der Waals surface area contributed by atoms with Crippen LogP contribution in [0.3, 0.4) is 0 Å². The number of carbonyl (C=O) groups excluding carboxylic acids is 1. The minimum absolute atomic E-state index is 0.0563. The zero-order chi connectivity index (χ0) is 18.3. The molecule has 0 atom stereocenters. The van der Waals surface area contributed by atoms with Crippen molar-refractivity contribution in [3.8, 4) is 0 Å². The van der Waals surface area contributed by atoms with Gasteiger partial charge in [0.1, 0.15) is 6.33 Å². The molecular weight excluding hydrogens is 348 g/mol. The molecule has 4 aromatic rings. The van der Waals surface area contributed by atoms with Crippen molar-refractivity contribution in [1.29, 1.82) is 0 Å². The number of hydrogen-bond acceptors (Lipinski definition) is 6. The first-order chi connectivity index (χ1) is 12.5. The van der Waals surface area contributed by atoms with Gasteiger partial charge in [-0.15, -0.1) is 0 Å². The quantitative estimate of drug-likeness (QED) is 0.599. The number of thiazole rings is 1. The van der Waals surface area contributed by atoms with Crippen molar-refractivity contribution in [2.24, 2.45) is 0 Å². The minimum atomic E-state index is -0.0563. The second-order valence-corrected chi connectivity index (χ2v) is 7.25. The summed E-state index contributed by atoms with van der Waals surface area (Å²) in [5, 5.41) is 7.73. The molecule has 0 unspecified atom stereocenters. The predicted molar refractivity (Wildman–Crippen MR) is 102 cm³/mol. The SMILES string of the molecule is Cc1nc2ncnn2c(C)c1CCC(=O)Nc1nc2c(C)cccc2s1. The van der Waals surface area contributed by atoms with Crippen LogP contribution in [0.1, 0.15) is 28.9 Å². The molecule has 0 saturated carbocycles. The average molecular weight is 366 g/mol. The highest BCUT2D eigenvalue weighted by Gasteiger charge is 2.14. The lowest BCUT2D eigenvalue weighted by molar-refractivity contribution is -0.116. The normalized spacial score (nSPS) is 11.3. The molecule has 132 valence electrons. The van der Waals surface area contributed by atoms with Crippen LogP contribution in [0, 0.1) is 20.8 Å². The third kappa shape index (κ3) is 2.92. The van der Waals surface area contributed by atoms with E-state index in [2.05, 4.69) is 25.4 Å². The Morgan fingerprint density at radius 2 is 2.08 bits per heavy atom. The fourth-order valence-corrected chi connectivity index (χ4v) is 4.04. The van der Waals surface area contributed by atoms with E-state index in [1.807, 2.05) is 39.0 Å². The van der Waals surface area contributed by atoms with Crippen LogP contribution in [-0.2, 0) is 11.2 Å². The molecule has 3 heterocycles. The Labute approximate surface area is 154 Å². The standard InChI is InChI=1S/C18H18N6OS/c1-10-5-4-6-14-16(10)23-18(26-14)22-15(25)8-7-13-11(2)21-17-19-9-20-24(17)12(13)3/h4-6,9H,7-8H2,1-3H3,(H,22,23,25). The van der Waals surface area contributed by atoms with Crippen LogP contribution >= 0.6 is 11.3 Å². The van der Waals surface area contributed by atoms with Crippen LogP contribution < -0.4 is 5.32 Å². The molecule has 1 amide bonds. The molecule has 0 aliphatic heterocycles. The fraction of sp³-hybridized carbons (Fsp3) is 0.278. The summed E-state index contributed by atoms with van der Waals surface area (Å²) >= 11 is 1.49. The van der Waals surface area contributed by atoms with Crippen molar-refractivity contribution < 1.29 is 4.79 Å². The van der Waals surface area contributed by atoms with Gasteiger partial charge in [-0.05, 0) is 44.4 Å². The number of amides is 1. The van der Waals surface area contributed by atoms with E-state index in [1.165, 1.54) is 17.7 Å². The molecule has 0 bridgehead atoms. The van der Waals surface area contributed by atoms with Crippen molar-refractivity contribution >= 4 is 38.4 Å². The number of nitrogens with one attached hydrogen (secondary N) is 1. The topological polar surface area (TPSA) is 85.1 Å². The monoisotopic (exact) mass is 366 g/mol. The van der Waals surface area contributed by atoms with Gasteiger partial charge in [0.2, 0.25) is 5.91 Å². The van der Waals surface area contributed by atoms with E-state index >= 15 is 0 Å². The summed E-state index contributed by atoms with van der Waals surface area (Å²) in [7, 11) is 0. The summed E-state index contributed by atoms with van der Waals surface area (Å²) in [5.74, 6) is 0.525. The largest absolute Gasteiger partial charge is 0.302 e. The third-order valence-corrected chi connectivity index (χ3v) is 5.39. The van der Waals surface area contributed by atoms with Crippen molar-refractivity contribution in [2.75, 3.05) is 5.32 Å². The van der Waals surface area contributed by atoms with Gasteiger partial charge in [-0.2, -0.15) is 10.1 Å². The van der Waals surface area contributed by atoms with Gasteiger partial charge in [0, 0.05) is 17.8 Å². The molecule has 0 fully saturated rings. The molecule has 3 aromatic heterocycles. The molecule has 8 heteroatoms. The van der Waals surface area contributed by atoms with E-state index in [-0.39, 0.29) is 5.91 Å². The lowest BCUT2D eigenvalue weighted by Gasteiger charge is -2.10. The smallest absolute Gasteiger partial charge is 0.252 e. The van der Waals surface area contributed by atoms with E-state index in [1.54, 1.807) is 4.52 Å². The first-order valence-corrected chi connectivity index (χ1v) is 9.16. The van der Waals surface area contributed by atoms with Gasteiger partial charge in [-0.1, -0.05) is 23.5 Å². The first-order valence-electron chi connectivity index (χ1n) is 8.35. The van der Waals surface area contributed by atoms with Crippen molar-refractivity contribution in [1.82, 2.24) is 24.6 Å². The second kappa shape index (κ2) is 6.45. The Morgan fingerprint density at radius 1 is 1.23 bits per heavy atom. The Hall–Kier alpha value is -2.87. The van der Waals surface area contributed by atoms with E-state index in [0.29, 0.717) is 23.8 Å². The average Bonchev–Trinajstić information content (AvgIpc) is 3.21. The Balaban J connectivity index is 1.49. The summed E-state index contributed by atoms with van der Waals surface area (Å²) in [6.07, 6.45) is 2.44. The minimum Gasteiger partial charge on any atom is -0.302 e. The van der Waals surface area contributed by atoms with Gasteiger partial charge in [-0.25, -0.2) is 14.5 Å². The molecular formula is C18H18N6OS. The first kappa shape index (κ1) is 16.6. The van der Waals surface area contributed by atoms with Gasteiger partial charge >= 0.3 is 0 Å². The molecule has 0 saturated heterocycles. The van der Waals surface area contributed by atoms with E-state index in [0.717, 1.165) is 32.7 Å². The van der Waals surface area contributed by atoms with Crippen LogP contribution in [0.4, 0.5) is 5.13 Å². The zero-order valence-corrected chi connectivity index (χ0v) is 15.6. The van der Waals surface area contributed by atoms with Gasteiger partial charge in [0.15, 0.2) is 5.13 Å². The van der Waals surface area contributed by atoms with Crippen molar-refractivity contribution in [3.63, 3.8) is 0 Å². The number of anilines is 1. The Morgan fingerprint density at radius 3 is 2.88 bits per heavy atom. The number of benzene rings is 1. The van der Waals surface area contributed by atoms with Crippen molar-refractivity contribution in [2.45, 2.75) is 33.6 Å². The molecule has 0 spiro atoms. The van der Waals surface area contributed by atoms with E-state index in [4.69, 9.17) is 0 Å². The molecule has 0 radical (unpaired) electrons. The lowest BCUT2D eigenvalue weighted by Crippen LogP contribution is -2.14. The number of para-hydroxylation sites is 1. The van der Waals surface area contributed by atoms with Crippen LogP contribution in [0.5, 0.6) is 0 Å². The fourth-order valence-electron chi connectivity index (χ4n) is 3.08. The highest BCUT2D eigenvalue weighted by molar-refractivity contribution is 7.22. The highest BCUT2D eigenvalue weighted by atomic mass is 32.1. The number of aromatic nitrogens is 5. The number of carbonyl (C=O) groups is 1.